The second-order valence-corrected chi connectivity index (χ2v) is 4.03. The van der Waals surface area contributed by atoms with E-state index in [1.807, 2.05) is 0 Å². The summed E-state index contributed by atoms with van der Waals surface area (Å²) in [6.07, 6.45) is -2.98. The standard InChI is InChI=1S/C11H12BrF2NO3/c1-2-18-9(16)4-6-3-8(10(13)14)15-11(17)7(6)5-12/h3,10H,2,4-5H2,1H3,(H,15,17). The number of rotatable bonds is 5. The van der Waals surface area contributed by atoms with Crippen molar-refractivity contribution in [3.05, 3.63) is 33.2 Å². The van der Waals surface area contributed by atoms with E-state index in [2.05, 4.69) is 20.9 Å². The van der Waals surface area contributed by atoms with Gasteiger partial charge in [0.25, 0.3) is 12.0 Å². The number of aromatic nitrogens is 1. The Morgan fingerprint density at radius 3 is 2.72 bits per heavy atom. The van der Waals surface area contributed by atoms with Crippen molar-refractivity contribution in [1.29, 1.82) is 0 Å². The highest BCUT2D eigenvalue weighted by Crippen LogP contribution is 2.19. The predicted molar refractivity (Wildman–Crippen MR) is 65.0 cm³/mol. The highest BCUT2D eigenvalue weighted by molar-refractivity contribution is 9.08. The van der Waals surface area contributed by atoms with E-state index in [1.54, 1.807) is 6.92 Å². The van der Waals surface area contributed by atoms with Gasteiger partial charge in [0.05, 0.1) is 18.7 Å². The van der Waals surface area contributed by atoms with E-state index < -0.39 is 23.6 Å². The van der Waals surface area contributed by atoms with Gasteiger partial charge in [-0.3, -0.25) is 9.59 Å². The smallest absolute Gasteiger partial charge is 0.310 e. The average molecular weight is 324 g/mol. The first-order valence-corrected chi connectivity index (χ1v) is 6.36. The summed E-state index contributed by atoms with van der Waals surface area (Å²) in [5, 5.41) is 0.181. The van der Waals surface area contributed by atoms with Gasteiger partial charge >= 0.3 is 5.97 Å². The maximum Gasteiger partial charge on any atom is 0.310 e. The maximum atomic E-state index is 12.6. The molecule has 1 heterocycles. The number of carbonyl (C=O) groups excluding carboxylic acids is 1. The van der Waals surface area contributed by atoms with Crippen molar-refractivity contribution >= 4 is 21.9 Å². The van der Waals surface area contributed by atoms with Crippen LogP contribution in [0.5, 0.6) is 0 Å². The maximum absolute atomic E-state index is 12.6. The van der Waals surface area contributed by atoms with Gasteiger partial charge in [0.1, 0.15) is 0 Å². The first-order valence-electron chi connectivity index (χ1n) is 5.24. The zero-order valence-electron chi connectivity index (χ0n) is 9.63. The molecule has 0 bridgehead atoms. The molecule has 0 saturated carbocycles. The van der Waals surface area contributed by atoms with Crippen LogP contribution in [0.15, 0.2) is 10.9 Å². The van der Waals surface area contributed by atoms with Crippen LogP contribution in [0.1, 0.15) is 30.2 Å². The molecule has 100 valence electrons. The van der Waals surface area contributed by atoms with Crippen LogP contribution in [0.4, 0.5) is 8.78 Å². The van der Waals surface area contributed by atoms with Crippen LogP contribution in [-0.2, 0) is 21.3 Å². The Morgan fingerprint density at radius 1 is 1.56 bits per heavy atom. The van der Waals surface area contributed by atoms with Crippen molar-refractivity contribution < 1.29 is 18.3 Å². The number of nitrogens with one attached hydrogen (secondary N) is 1. The molecule has 1 aromatic rings. The Hall–Kier alpha value is -1.24. The topological polar surface area (TPSA) is 59.2 Å². The molecule has 0 unspecified atom stereocenters. The number of hydrogen-bond donors (Lipinski definition) is 1. The van der Waals surface area contributed by atoms with Gasteiger partial charge in [-0.2, -0.15) is 0 Å². The second kappa shape index (κ2) is 6.63. The van der Waals surface area contributed by atoms with Gasteiger partial charge in [-0.15, -0.1) is 0 Å². The number of esters is 1. The first-order chi connectivity index (χ1) is 8.49. The summed E-state index contributed by atoms with van der Waals surface area (Å²) in [4.78, 5) is 25.0. The van der Waals surface area contributed by atoms with E-state index >= 15 is 0 Å². The van der Waals surface area contributed by atoms with Crippen molar-refractivity contribution in [1.82, 2.24) is 4.98 Å². The fraction of sp³-hybridized carbons (Fsp3) is 0.455. The summed E-state index contributed by atoms with van der Waals surface area (Å²) in [7, 11) is 0. The van der Waals surface area contributed by atoms with Crippen LogP contribution >= 0.6 is 15.9 Å². The summed E-state index contributed by atoms with van der Waals surface area (Å²) in [6, 6.07) is 1.12. The molecule has 0 saturated heterocycles. The molecular weight excluding hydrogens is 312 g/mol. The lowest BCUT2D eigenvalue weighted by atomic mass is 10.1. The molecular formula is C11H12BrF2NO3. The minimum atomic E-state index is -2.79. The van der Waals surface area contributed by atoms with Crippen LogP contribution in [-0.4, -0.2) is 17.6 Å². The molecule has 4 nitrogen and oxygen atoms in total. The van der Waals surface area contributed by atoms with Gasteiger partial charge < -0.3 is 9.72 Å². The van der Waals surface area contributed by atoms with Crippen LogP contribution in [0.25, 0.3) is 0 Å². The van der Waals surface area contributed by atoms with Crippen LogP contribution in [0, 0.1) is 0 Å². The van der Waals surface area contributed by atoms with Crippen molar-refractivity contribution in [2.75, 3.05) is 6.61 Å². The molecule has 0 amide bonds. The monoisotopic (exact) mass is 323 g/mol. The van der Waals surface area contributed by atoms with Crippen molar-refractivity contribution in [2.24, 2.45) is 0 Å². The van der Waals surface area contributed by atoms with Gasteiger partial charge in [0.2, 0.25) is 0 Å². The molecule has 0 aliphatic heterocycles. The lowest BCUT2D eigenvalue weighted by Gasteiger charge is -2.09. The highest BCUT2D eigenvalue weighted by atomic mass is 79.9. The number of ether oxygens (including phenoxy) is 1. The van der Waals surface area contributed by atoms with Gasteiger partial charge in [0.15, 0.2) is 0 Å². The van der Waals surface area contributed by atoms with E-state index in [-0.39, 0.29) is 29.5 Å². The Bertz CT molecular complexity index is 488. The number of halogens is 3. The molecule has 1 N–H and O–H groups in total. The van der Waals surface area contributed by atoms with Gasteiger partial charge in [-0.1, -0.05) is 15.9 Å². The van der Waals surface area contributed by atoms with Gasteiger partial charge in [-0.05, 0) is 18.6 Å². The van der Waals surface area contributed by atoms with Crippen molar-refractivity contribution in [3.8, 4) is 0 Å². The van der Waals surface area contributed by atoms with Crippen LogP contribution in [0.2, 0.25) is 0 Å². The zero-order chi connectivity index (χ0) is 13.7. The quantitative estimate of drug-likeness (QED) is 0.668. The lowest BCUT2D eigenvalue weighted by molar-refractivity contribution is -0.142. The van der Waals surface area contributed by atoms with E-state index in [9.17, 15) is 18.4 Å². The third-order valence-electron chi connectivity index (χ3n) is 2.26. The number of hydrogen-bond acceptors (Lipinski definition) is 3. The molecule has 0 aliphatic carbocycles. The molecule has 0 atom stereocenters. The minimum Gasteiger partial charge on any atom is -0.466 e. The molecule has 0 aromatic carbocycles. The summed E-state index contributed by atoms with van der Waals surface area (Å²) >= 11 is 3.09. The number of alkyl halides is 3. The zero-order valence-corrected chi connectivity index (χ0v) is 11.2. The Balaban J connectivity index is 3.14. The predicted octanol–water partition coefficient (Wildman–Crippen LogP) is 2.31. The molecule has 0 radical (unpaired) electrons. The minimum absolute atomic E-state index is 0.181. The first kappa shape index (κ1) is 14.8. The van der Waals surface area contributed by atoms with E-state index in [0.29, 0.717) is 0 Å². The molecule has 7 heteroatoms. The SMILES string of the molecule is CCOC(=O)Cc1cc(C(F)F)[nH]c(=O)c1CBr. The van der Waals surface area contributed by atoms with E-state index in [1.165, 1.54) is 0 Å². The van der Waals surface area contributed by atoms with Crippen molar-refractivity contribution in [2.45, 2.75) is 25.1 Å². The third-order valence-corrected chi connectivity index (χ3v) is 2.82. The number of aromatic amines is 1. The fourth-order valence-electron chi connectivity index (χ4n) is 1.45. The molecule has 18 heavy (non-hydrogen) atoms. The van der Waals surface area contributed by atoms with Crippen LogP contribution < -0.4 is 5.56 Å². The molecule has 1 aromatic heterocycles. The Labute approximate surface area is 110 Å². The van der Waals surface area contributed by atoms with Crippen molar-refractivity contribution in [3.63, 3.8) is 0 Å². The second-order valence-electron chi connectivity index (χ2n) is 3.47. The summed E-state index contributed by atoms with van der Waals surface area (Å²) in [5.41, 5.74) is -0.607. The number of pyridine rings is 1. The normalized spacial score (nSPS) is 10.7. The number of carbonyl (C=O) groups is 1. The average Bonchev–Trinajstić information content (AvgIpc) is 2.28. The van der Waals surface area contributed by atoms with Gasteiger partial charge in [0, 0.05) is 10.9 Å². The Morgan fingerprint density at radius 2 is 2.22 bits per heavy atom. The van der Waals surface area contributed by atoms with E-state index in [0.717, 1.165) is 6.07 Å². The fourth-order valence-corrected chi connectivity index (χ4v) is 2.07. The molecule has 0 fully saturated rings. The molecule has 0 spiro atoms. The lowest BCUT2D eigenvalue weighted by Crippen LogP contribution is -2.19. The largest absolute Gasteiger partial charge is 0.466 e. The summed E-state index contributed by atoms with van der Waals surface area (Å²) in [6.45, 7) is 1.85. The number of H-pyrrole nitrogens is 1. The van der Waals surface area contributed by atoms with Crippen LogP contribution in [0.3, 0.4) is 0 Å². The Kier molecular flexibility index (Phi) is 5.46. The third kappa shape index (κ3) is 3.63. The molecule has 1 rings (SSSR count). The van der Waals surface area contributed by atoms with E-state index in [4.69, 9.17) is 4.74 Å². The van der Waals surface area contributed by atoms with Gasteiger partial charge in [-0.25, -0.2) is 8.78 Å². The molecule has 0 aliphatic rings. The summed E-state index contributed by atoms with van der Waals surface area (Å²) < 4.78 is 29.8. The summed E-state index contributed by atoms with van der Waals surface area (Å²) in [5.74, 6) is -0.550. The highest BCUT2D eigenvalue weighted by Gasteiger charge is 2.16.